The Balaban J connectivity index is 1.46. The third-order valence-electron chi connectivity index (χ3n) is 5.21. The molecule has 2 aromatic heterocycles. The van der Waals surface area contributed by atoms with Crippen LogP contribution in [0.2, 0.25) is 0 Å². The van der Waals surface area contributed by atoms with Crippen molar-refractivity contribution in [1.29, 1.82) is 0 Å². The van der Waals surface area contributed by atoms with Crippen molar-refractivity contribution in [3.63, 3.8) is 0 Å². The van der Waals surface area contributed by atoms with Crippen LogP contribution in [-0.2, 0) is 11.2 Å². The number of carbonyl (C=O) groups is 1. The first-order valence-corrected chi connectivity index (χ1v) is 10.9. The van der Waals surface area contributed by atoms with Gasteiger partial charge in [0.15, 0.2) is 0 Å². The summed E-state index contributed by atoms with van der Waals surface area (Å²) in [5.74, 6) is 0.762. The summed E-state index contributed by atoms with van der Waals surface area (Å²) in [7, 11) is 0. The summed E-state index contributed by atoms with van der Waals surface area (Å²) >= 11 is 1.66. The van der Waals surface area contributed by atoms with Gasteiger partial charge in [0.25, 0.3) is 5.91 Å². The first kappa shape index (κ1) is 19.6. The van der Waals surface area contributed by atoms with Gasteiger partial charge in [-0.1, -0.05) is 43.3 Å². The second-order valence-electron chi connectivity index (χ2n) is 7.10. The smallest absolute Gasteiger partial charge is 0.257 e. The number of furan rings is 1. The summed E-state index contributed by atoms with van der Waals surface area (Å²) in [6.45, 7) is 4.13. The highest BCUT2D eigenvalue weighted by Gasteiger charge is 2.34. The molecule has 0 radical (unpaired) electrons. The van der Waals surface area contributed by atoms with E-state index in [9.17, 15) is 4.79 Å². The summed E-state index contributed by atoms with van der Waals surface area (Å²) in [6, 6.07) is 18.2. The van der Waals surface area contributed by atoms with Gasteiger partial charge in [0.1, 0.15) is 11.5 Å². The summed E-state index contributed by atoms with van der Waals surface area (Å²) in [4.78, 5) is 16.5. The number of hydrogen-bond donors (Lipinski definition) is 0. The fraction of sp³-hybridized carbons (Fsp3) is 0.304. The number of hydrazone groups is 1. The largest absolute Gasteiger partial charge is 0.463 e. The topological polar surface area (TPSA) is 49.1 Å². The minimum absolute atomic E-state index is 0.0277. The molecule has 6 heteroatoms. The molecular weight excluding hydrogens is 382 g/mol. The van der Waals surface area contributed by atoms with E-state index in [1.165, 1.54) is 5.56 Å². The van der Waals surface area contributed by atoms with E-state index >= 15 is 0 Å². The maximum absolute atomic E-state index is 13.2. The van der Waals surface area contributed by atoms with Crippen LogP contribution in [0.15, 0.2) is 75.8 Å². The highest BCUT2D eigenvalue weighted by molar-refractivity contribution is 7.10. The van der Waals surface area contributed by atoms with E-state index in [1.54, 1.807) is 22.6 Å². The molecule has 0 saturated carbocycles. The Hall–Kier alpha value is -2.70. The molecule has 0 aliphatic carbocycles. The number of amides is 1. The zero-order chi connectivity index (χ0) is 20.1. The first-order chi connectivity index (χ1) is 14.2. The molecule has 3 heterocycles. The van der Waals surface area contributed by atoms with Crippen LogP contribution in [0.1, 0.15) is 35.6 Å². The molecule has 1 aromatic carbocycles. The van der Waals surface area contributed by atoms with Crippen LogP contribution in [0.3, 0.4) is 0 Å². The van der Waals surface area contributed by atoms with Gasteiger partial charge in [0, 0.05) is 17.8 Å². The number of thiophene rings is 1. The third kappa shape index (κ3) is 4.66. The van der Waals surface area contributed by atoms with Gasteiger partial charge in [-0.15, -0.1) is 11.3 Å². The molecule has 3 aromatic rings. The molecule has 0 bridgehead atoms. The van der Waals surface area contributed by atoms with Crippen molar-refractivity contribution in [2.45, 2.75) is 25.8 Å². The van der Waals surface area contributed by atoms with Crippen LogP contribution in [0, 0.1) is 0 Å². The van der Waals surface area contributed by atoms with E-state index in [0.717, 1.165) is 35.9 Å². The van der Waals surface area contributed by atoms with Crippen LogP contribution in [-0.4, -0.2) is 41.2 Å². The van der Waals surface area contributed by atoms with Crippen molar-refractivity contribution < 1.29 is 9.21 Å². The van der Waals surface area contributed by atoms with E-state index in [1.807, 2.05) is 29.6 Å². The zero-order valence-corrected chi connectivity index (χ0v) is 17.3. The molecule has 1 atom stereocenters. The second-order valence-corrected chi connectivity index (χ2v) is 8.08. The number of carbonyl (C=O) groups excluding carboxylic acids is 1. The van der Waals surface area contributed by atoms with Gasteiger partial charge < -0.3 is 4.42 Å². The molecule has 5 nitrogen and oxygen atoms in total. The van der Waals surface area contributed by atoms with Gasteiger partial charge in [0.2, 0.25) is 0 Å². The van der Waals surface area contributed by atoms with Gasteiger partial charge >= 0.3 is 0 Å². The molecule has 1 unspecified atom stereocenters. The molecule has 0 N–H and O–H groups in total. The molecule has 0 spiro atoms. The van der Waals surface area contributed by atoms with Crippen LogP contribution in [0.5, 0.6) is 0 Å². The standard InChI is InChI=1S/C23H25N3O2S/c1-2-25(13-12-18-8-4-3-5-9-18)17-23(27)26-20(22-11-7-15-29-22)16-19(24-26)21-10-6-14-28-21/h3-11,14-15,20H,2,12-13,16-17H2,1H3. The first-order valence-electron chi connectivity index (χ1n) is 9.97. The Morgan fingerprint density at radius 1 is 1.21 bits per heavy atom. The summed E-state index contributed by atoms with van der Waals surface area (Å²) in [5.41, 5.74) is 2.11. The van der Waals surface area contributed by atoms with Crippen LogP contribution < -0.4 is 0 Å². The van der Waals surface area contributed by atoms with E-state index < -0.39 is 0 Å². The number of nitrogens with zero attached hydrogens (tertiary/aromatic N) is 3. The third-order valence-corrected chi connectivity index (χ3v) is 6.18. The Morgan fingerprint density at radius 2 is 2.07 bits per heavy atom. The van der Waals surface area contributed by atoms with Crippen LogP contribution >= 0.6 is 11.3 Å². The van der Waals surface area contributed by atoms with E-state index in [4.69, 9.17) is 4.42 Å². The normalized spacial score (nSPS) is 16.4. The average molecular weight is 408 g/mol. The van der Waals surface area contributed by atoms with Crippen molar-refractivity contribution in [3.05, 3.63) is 82.4 Å². The molecule has 1 aliphatic heterocycles. The lowest BCUT2D eigenvalue weighted by atomic mass is 10.1. The maximum Gasteiger partial charge on any atom is 0.257 e. The lowest BCUT2D eigenvalue weighted by Crippen LogP contribution is -2.39. The van der Waals surface area contributed by atoms with Crippen molar-refractivity contribution in [2.24, 2.45) is 5.10 Å². The van der Waals surface area contributed by atoms with Crippen LogP contribution in [0.25, 0.3) is 0 Å². The Kier molecular flexibility index (Phi) is 6.22. The second kappa shape index (κ2) is 9.20. The number of hydrogen-bond acceptors (Lipinski definition) is 5. The van der Waals surface area contributed by atoms with E-state index in [2.05, 4.69) is 47.3 Å². The van der Waals surface area contributed by atoms with Gasteiger partial charge in [-0.3, -0.25) is 9.69 Å². The van der Waals surface area contributed by atoms with Crippen molar-refractivity contribution in [2.75, 3.05) is 19.6 Å². The Bertz CT molecular complexity index is 936. The summed E-state index contributed by atoms with van der Waals surface area (Å²) in [5, 5.41) is 8.36. The van der Waals surface area contributed by atoms with Gasteiger partial charge in [-0.05, 0) is 42.1 Å². The van der Waals surface area contributed by atoms with Crippen LogP contribution in [0.4, 0.5) is 0 Å². The minimum Gasteiger partial charge on any atom is -0.463 e. The summed E-state index contributed by atoms with van der Waals surface area (Å²) < 4.78 is 5.53. The molecule has 1 amide bonds. The maximum atomic E-state index is 13.2. The fourth-order valence-electron chi connectivity index (χ4n) is 3.58. The lowest BCUT2D eigenvalue weighted by molar-refractivity contribution is -0.134. The van der Waals surface area contributed by atoms with Gasteiger partial charge in [-0.2, -0.15) is 5.10 Å². The Morgan fingerprint density at radius 3 is 2.76 bits per heavy atom. The van der Waals surface area contributed by atoms with E-state index in [0.29, 0.717) is 13.0 Å². The molecule has 1 aliphatic rings. The monoisotopic (exact) mass is 407 g/mol. The predicted molar refractivity (Wildman–Crippen MR) is 116 cm³/mol. The highest BCUT2D eigenvalue weighted by atomic mass is 32.1. The highest BCUT2D eigenvalue weighted by Crippen LogP contribution is 2.35. The van der Waals surface area contributed by atoms with E-state index in [-0.39, 0.29) is 11.9 Å². The van der Waals surface area contributed by atoms with Gasteiger partial charge in [0.05, 0.1) is 18.8 Å². The quantitative estimate of drug-likeness (QED) is 0.549. The summed E-state index contributed by atoms with van der Waals surface area (Å²) in [6.07, 6.45) is 3.25. The van der Waals surface area contributed by atoms with Crippen molar-refractivity contribution in [3.8, 4) is 0 Å². The van der Waals surface area contributed by atoms with Gasteiger partial charge in [-0.25, -0.2) is 5.01 Å². The molecule has 0 saturated heterocycles. The minimum atomic E-state index is -0.0598. The molecule has 150 valence electrons. The zero-order valence-electron chi connectivity index (χ0n) is 16.5. The number of rotatable bonds is 8. The average Bonchev–Trinajstić information content (AvgIpc) is 3.51. The van der Waals surface area contributed by atoms with Crippen molar-refractivity contribution >= 4 is 23.0 Å². The molecule has 29 heavy (non-hydrogen) atoms. The number of benzene rings is 1. The lowest BCUT2D eigenvalue weighted by Gasteiger charge is -2.25. The molecule has 4 rings (SSSR count). The fourth-order valence-corrected chi connectivity index (χ4v) is 4.39. The van der Waals surface area contributed by atoms with Crippen molar-refractivity contribution in [1.82, 2.24) is 9.91 Å². The molecule has 0 fully saturated rings. The number of likely N-dealkylation sites (N-methyl/N-ethyl adjacent to an activating group) is 1. The Labute approximate surface area is 175 Å². The predicted octanol–water partition coefficient (Wildman–Crippen LogP) is 4.58. The molecular formula is C23H25N3O2S. The SMILES string of the molecule is CCN(CCc1ccccc1)CC(=O)N1N=C(c2ccco2)CC1c1cccs1.